The van der Waals surface area contributed by atoms with Gasteiger partial charge in [-0.3, -0.25) is 14.9 Å². The molecule has 0 aliphatic heterocycles. The summed E-state index contributed by atoms with van der Waals surface area (Å²) in [7, 11) is 0. The van der Waals surface area contributed by atoms with Crippen LogP contribution in [0.25, 0.3) is 16.9 Å². The normalized spacial score (nSPS) is 10.6. The molecule has 0 atom stereocenters. The van der Waals surface area contributed by atoms with Gasteiger partial charge in [0.25, 0.3) is 11.6 Å². The summed E-state index contributed by atoms with van der Waals surface area (Å²) in [5.41, 5.74) is 5.34. The molecule has 0 aliphatic carbocycles. The number of para-hydroxylation sites is 1. The average molecular weight is 412 g/mol. The van der Waals surface area contributed by atoms with E-state index in [0.29, 0.717) is 16.9 Å². The van der Waals surface area contributed by atoms with Crippen LogP contribution in [-0.2, 0) is 0 Å². The summed E-state index contributed by atoms with van der Waals surface area (Å²) in [6.07, 6.45) is 1.70. The number of aromatic nitrogens is 2. The van der Waals surface area contributed by atoms with Gasteiger partial charge in [0.05, 0.1) is 16.2 Å². The van der Waals surface area contributed by atoms with Crippen LogP contribution in [-0.4, -0.2) is 20.6 Å². The molecule has 1 aromatic heterocycles. The van der Waals surface area contributed by atoms with Crippen molar-refractivity contribution in [3.8, 4) is 16.9 Å². The fourth-order valence-corrected chi connectivity index (χ4v) is 3.22. The van der Waals surface area contributed by atoms with Gasteiger partial charge in [-0.05, 0) is 55.3 Å². The van der Waals surface area contributed by atoms with Crippen molar-refractivity contribution in [1.82, 2.24) is 9.78 Å². The predicted octanol–water partition coefficient (Wildman–Crippen LogP) is 5.32. The summed E-state index contributed by atoms with van der Waals surface area (Å²) in [5, 5.41) is 18.4. The lowest BCUT2D eigenvalue weighted by Crippen LogP contribution is -2.12. The summed E-state index contributed by atoms with van der Waals surface area (Å²) in [4.78, 5) is 23.5. The largest absolute Gasteiger partial charge is 0.322 e. The number of nitrogens with one attached hydrogen (secondary N) is 1. The second kappa shape index (κ2) is 8.23. The maximum Gasteiger partial charge on any atom is 0.269 e. The molecular weight excluding hydrogens is 392 g/mol. The maximum absolute atomic E-state index is 13.1. The number of hydrogen-bond acceptors (Lipinski definition) is 4. The smallest absolute Gasteiger partial charge is 0.269 e. The quantitative estimate of drug-likeness (QED) is 0.355. The van der Waals surface area contributed by atoms with Crippen molar-refractivity contribution in [2.45, 2.75) is 13.8 Å². The standard InChI is InChI=1S/C24H20N4O3/c1-16-8-9-18(14-17(16)2)23-22(15-27(26-23)20-6-4-3-5-7-20)24(29)25-19-10-12-21(13-11-19)28(30)31/h3-15H,1-2H3,(H,25,29). The highest BCUT2D eigenvalue weighted by molar-refractivity contribution is 6.08. The topological polar surface area (TPSA) is 90.1 Å². The van der Waals surface area contributed by atoms with Gasteiger partial charge in [-0.1, -0.05) is 30.3 Å². The number of carbonyl (C=O) groups excluding carboxylic acids is 1. The zero-order valence-corrected chi connectivity index (χ0v) is 17.1. The summed E-state index contributed by atoms with van der Waals surface area (Å²) in [5.74, 6) is -0.343. The van der Waals surface area contributed by atoms with Crippen molar-refractivity contribution in [2.24, 2.45) is 0 Å². The van der Waals surface area contributed by atoms with Crippen molar-refractivity contribution < 1.29 is 9.72 Å². The third kappa shape index (κ3) is 4.20. The molecule has 1 N–H and O–H groups in total. The van der Waals surface area contributed by atoms with Gasteiger partial charge in [-0.15, -0.1) is 0 Å². The molecule has 31 heavy (non-hydrogen) atoms. The Morgan fingerprint density at radius 1 is 0.968 bits per heavy atom. The van der Waals surface area contributed by atoms with Crippen LogP contribution in [0.2, 0.25) is 0 Å². The van der Waals surface area contributed by atoms with Crippen molar-refractivity contribution in [1.29, 1.82) is 0 Å². The second-order valence-electron chi connectivity index (χ2n) is 7.23. The SMILES string of the molecule is Cc1ccc(-c2nn(-c3ccccc3)cc2C(=O)Nc2ccc([N+](=O)[O-])cc2)cc1C. The number of non-ortho nitro benzene ring substituents is 1. The number of aryl methyl sites for hydroxylation is 2. The Morgan fingerprint density at radius 2 is 1.68 bits per heavy atom. The molecule has 0 aliphatic rings. The van der Waals surface area contributed by atoms with Crippen LogP contribution in [0.4, 0.5) is 11.4 Å². The van der Waals surface area contributed by atoms with Gasteiger partial charge < -0.3 is 5.32 Å². The van der Waals surface area contributed by atoms with Crippen molar-refractivity contribution in [3.63, 3.8) is 0 Å². The van der Waals surface area contributed by atoms with Gasteiger partial charge in [0.1, 0.15) is 5.69 Å². The van der Waals surface area contributed by atoms with E-state index in [1.165, 1.54) is 24.3 Å². The highest BCUT2D eigenvalue weighted by atomic mass is 16.6. The molecular formula is C24H20N4O3. The molecule has 1 heterocycles. The van der Waals surface area contributed by atoms with E-state index in [-0.39, 0.29) is 11.6 Å². The van der Waals surface area contributed by atoms with Crippen molar-refractivity contribution in [2.75, 3.05) is 5.32 Å². The van der Waals surface area contributed by atoms with E-state index in [1.807, 2.05) is 62.4 Å². The van der Waals surface area contributed by atoms with Gasteiger partial charge in [-0.2, -0.15) is 5.10 Å². The van der Waals surface area contributed by atoms with E-state index < -0.39 is 4.92 Å². The minimum atomic E-state index is -0.479. The number of amides is 1. The summed E-state index contributed by atoms with van der Waals surface area (Å²) in [6.45, 7) is 4.05. The highest BCUT2D eigenvalue weighted by Crippen LogP contribution is 2.27. The molecule has 7 heteroatoms. The van der Waals surface area contributed by atoms with Gasteiger partial charge in [0, 0.05) is 29.6 Å². The van der Waals surface area contributed by atoms with E-state index in [1.54, 1.807) is 10.9 Å². The van der Waals surface area contributed by atoms with Gasteiger partial charge in [0.2, 0.25) is 0 Å². The van der Waals surface area contributed by atoms with E-state index in [0.717, 1.165) is 22.4 Å². The number of anilines is 1. The minimum absolute atomic E-state index is 0.0364. The van der Waals surface area contributed by atoms with Crippen LogP contribution >= 0.6 is 0 Å². The molecule has 4 rings (SSSR count). The summed E-state index contributed by atoms with van der Waals surface area (Å²) < 4.78 is 1.68. The highest BCUT2D eigenvalue weighted by Gasteiger charge is 2.19. The predicted molar refractivity (Wildman–Crippen MR) is 120 cm³/mol. The Morgan fingerprint density at radius 3 is 2.32 bits per heavy atom. The Kier molecular flexibility index (Phi) is 5.32. The van der Waals surface area contributed by atoms with Crippen molar-refractivity contribution in [3.05, 3.63) is 106 Å². The lowest BCUT2D eigenvalue weighted by Gasteiger charge is -2.07. The zero-order valence-electron chi connectivity index (χ0n) is 17.1. The third-order valence-corrected chi connectivity index (χ3v) is 5.10. The van der Waals surface area contributed by atoms with Gasteiger partial charge in [-0.25, -0.2) is 4.68 Å². The van der Waals surface area contributed by atoms with Crippen LogP contribution in [0.1, 0.15) is 21.5 Å². The molecule has 0 bridgehead atoms. The van der Waals surface area contributed by atoms with Crippen LogP contribution in [0.5, 0.6) is 0 Å². The zero-order chi connectivity index (χ0) is 22.0. The first kappa shape index (κ1) is 20.0. The number of hydrogen-bond donors (Lipinski definition) is 1. The molecule has 0 saturated carbocycles. The molecule has 3 aromatic carbocycles. The number of carbonyl (C=O) groups is 1. The number of rotatable bonds is 5. The van der Waals surface area contributed by atoms with E-state index >= 15 is 0 Å². The second-order valence-corrected chi connectivity index (χ2v) is 7.23. The molecule has 4 aromatic rings. The molecule has 0 spiro atoms. The first-order chi connectivity index (χ1) is 14.9. The van der Waals surface area contributed by atoms with Crippen molar-refractivity contribution >= 4 is 17.3 Å². The van der Waals surface area contributed by atoms with E-state index in [4.69, 9.17) is 0 Å². The molecule has 0 fully saturated rings. The molecule has 0 unspecified atom stereocenters. The first-order valence-electron chi connectivity index (χ1n) is 9.71. The molecule has 1 amide bonds. The van der Waals surface area contributed by atoms with Crippen LogP contribution in [0, 0.1) is 24.0 Å². The average Bonchev–Trinajstić information content (AvgIpc) is 3.22. The number of nitro benzene ring substituents is 1. The fourth-order valence-electron chi connectivity index (χ4n) is 3.22. The molecule has 154 valence electrons. The Balaban J connectivity index is 1.74. The van der Waals surface area contributed by atoms with E-state index in [2.05, 4.69) is 10.4 Å². The first-order valence-corrected chi connectivity index (χ1v) is 9.71. The number of nitro groups is 1. The lowest BCUT2D eigenvalue weighted by atomic mass is 10.0. The lowest BCUT2D eigenvalue weighted by molar-refractivity contribution is -0.384. The van der Waals surface area contributed by atoms with Crippen LogP contribution in [0.15, 0.2) is 79.0 Å². The monoisotopic (exact) mass is 412 g/mol. The Labute approximate surface area is 179 Å². The van der Waals surface area contributed by atoms with Crippen LogP contribution < -0.4 is 5.32 Å². The van der Waals surface area contributed by atoms with Gasteiger partial charge in [0.15, 0.2) is 0 Å². The molecule has 0 saturated heterocycles. The number of nitrogens with zero attached hydrogens (tertiary/aromatic N) is 3. The summed E-state index contributed by atoms with van der Waals surface area (Å²) in [6, 6.07) is 21.2. The summed E-state index contributed by atoms with van der Waals surface area (Å²) >= 11 is 0. The fraction of sp³-hybridized carbons (Fsp3) is 0.0833. The number of benzene rings is 3. The maximum atomic E-state index is 13.1. The van der Waals surface area contributed by atoms with Crippen LogP contribution in [0.3, 0.4) is 0 Å². The Hall–Kier alpha value is -4.26. The Bertz CT molecular complexity index is 1260. The molecule has 7 nitrogen and oxygen atoms in total. The van der Waals surface area contributed by atoms with Gasteiger partial charge >= 0.3 is 0 Å². The third-order valence-electron chi connectivity index (χ3n) is 5.10. The minimum Gasteiger partial charge on any atom is -0.322 e. The van der Waals surface area contributed by atoms with E-state index in [9.17, 15) is 14.9 Å². The molecule has 0 radical (unpaired) electrons.